The fourth-order valence-corrected chi connectivity index (χ4v) is 4.36. The van der Waals surface area contributed by atoms with Crippen LogP contribution in [0.25, 0.3) is 0 Å². The molecule has 0 aromatic rings. The highest BCUT2D eigenvalue weighted by molar-refractivity contribution is 5.85. The number of nitrogens with zero attached hydrogens (tertiary/aromatic N) is 1. The summed E-state index contributed by atoms with van der Waals surface area (Å²) >= 11 is 0. The molecule has 5 nitrogen and oxygen atoms in total. The highest BCUT2D eigenvalue weighted by atomic mass is 35.5. The van der Waals surface area contributed by atoms with Crippen LogP contribution < -0.4 is 10.6 Å². The average molecular weight is 368 g/mol. The first-order valence-electron chi connectivity index (χ1n) is 8.50. The number of fused-ring (bicyclic) bond motifs is 1. The lowest BCUT2D eigenvalue weighted by atomic mass is 9.78. The molecular weight excluding hydrogens is 337 g/mol. The Labute approximate surface area is 152 Å². The standard InChI is InChI=1S/C16H29N3O2.2ClH/c1-21-12-16(6-8-17-9-7-16)15(20)18-13-5-11-19-10-3-2-4-14(13)19;;/h13-14,17H,2-12H2,1H3,(H,18,20);2*1H. The smallest absolute Gasteiger partial charge is 0.228 e. The minimum atomic E-state index is -0.317. The fraction of sp³-hybridized carbons (Fsp3) is 0.938. The molecule has 0 saturated carbocycles. The molecule has 3 saturated heterocycles. The van der Waals surface area contributed by atoms with E-state index in [0.717, 1.165) is 38.9 Å². The molecule has 136 valence electrons. The van der Waals surface area contributed by atoms with Crippen LogP contribution in [0.5, 0.6) is 0 Å². The quantitative estimate of drug-likeness (QED) is 0.791. The number of amides is 1. The number of nitrogens with one attached hydrogen (secondary N) is 2. The van der Waals surface area contributed by atoms with Gasteiger partial charge in [-0.15, -0.1) is 24.8 Å². The second-order valence-corrected chi connectivity index (χ2v) is 6.93. The van der Waals surface area contributed by atoms with Gasteiger partial charge in [0.15, 0.2) is 0 Å². The zero-order chi connectivity index (χ0) is 14.7. The third-order valence-electron chi connectivity index (χ3n) is 5.64. The van der Waals surface area contributed by atoms with Crippen molar-refractivity contribution in [3.05, 3.63) is 0 Å². The monoisotopic (exact) mass is 367 g/mol. The molecule has 7 heteroatoms. The van der Waals surface area contributed by atoms with E-state index in [1.165, 1.54) is 25.8 Å². The summed E-state index contributed by atoms with van der Waals surface area (Å²) in [5.41, 5.74) is -0.317. The first-order valence-corrected chi connectivity index (χ1v) is 8.50. The van der Waals surface area contributed by atoms with Crippen molar-refractivity contribution in [2.24, 2.45) is 5.41 Å². The van der Waals surface area contributed by atoms with Gasteiger partial charge >= 0.3 is 0 Å². The molecular formula is C16H31Cl2N3O2. The molecule has 0 bridgehead atoms. The molecule has 23 heavy (non-hydrogen) atoms. The summed E-state index contributed by atoms with van der Waals surface area (Å²) in [4.78, 5) is 15.5. The van der Waals surface area contributed by atoms with Crippen LogP contribution in [-0.2, 0) is 9.53 Å². The normalized spacial score (nSPS) is 29.8. The van der Waals surface area contributed by atoms with Gasteiger partial charge in [-0.2, -0.15) is 0 Å². The number of rotatable bonds is 4. The second-order valence-electron chi connectivity index (χ2n) is 6.93. The van der Waals surface area contributed by atoms with Crippen LogP contribution in [0.1, 0.15) is 38.5 Å². The molecule has 0 radical (unpaired) electrons. The predicted octanol–water partition coefficient (Wildman–Crippen LogP) is 1.59. The fourth-order valence-electron chi connectivity index (χ4n) is 4.36. The van der Waals surface area contributed by atoms with Gasteiger partial charge in [0.25, 0.3) is 0 Å². The number of piperidine rings is 2. The summed E-state index contributed by atoms with van der Waals surface area (Å²) in [6.45, 7) is 4.73. The van der Waals surface area contributed by atoms with E-state index in [-0.39, 0.29) is 36.1 Å². The molecule has 3 rings (SSSR count). The number of carbonyl (C=O) groups is 1. The number of methoxy groups -OCH3 is 1. The molecule has 0 spiro atoms. The van der Waals surface area contributed by atoms with Gasteiger partial charge in [-0.3, -0.25) is 9.69 Å². The van der Waals surface area contributed by atoms with Crippen molar-refractivity contribution < 1.29 is 9.53 Å². The maximum atomic E-state index is 12.9. The molecule has 3 heterocycles. The molecule has 3 aliphatic rings. The van der Waals surface area contributed by atoms with Crippen molar-refractivity contribution >= 4 is 30.7 Å². The minimum Gasteiger partial charge on any atom is -0.384 e. The average Bonchev–Trinajstić information content (AvgIpc) is 2.92. The number of halogens is 2. The Morgan fingerprint density at radius 1 is 1.22 bits per heavy atom. The summed E-state index contributed by atoms with van der Waals surface area (Å²) in [6, 6.07) is 0.922. The number of hydrogen-bond acceptors (Lipinski definition) is 4. The molecule has 3 aliphatic heterocycles. The molecule has 2 N–H and O–H groups in total. The molecule has 0 aromatic carbocycles. The van der Waals surface area contributed by atoms with E-state index in [4.69, 9.17) is 4.74 Å². The van der Waals surface area contributed by atoms with Crippen LogP contribution >= 0.6 is 24.8 Å². The summed E-state index contributed by atoms with van der Waals surface area (Å²) in [5, 5.41) is 6.73. The minimum absolute atomic E-state index is 0. The third-order valence-corrected chi connectivity index (χ3v) is 5.64. The highest BCUT2D eigenvalue weighted by Crippen LogP contribution is 2.32. The van der Waals surface area contributed by atoms with Crippen molar-refractivity contribution in [2.45, 2.75) is 50.6 Å². The maximum absolute atomic E-state index is 12.9. The number of carbonyl (C=O) groups excluding carboxylic acids is 1. The Kier molecular flexibility index (Phi) is 8.59. The van der Waals surface area contributed by atoms with Crippen LogP contribution in [0.2, 0.25) is 0 Å². The number of ether oxygens (including phenoxy) is 1. The van der Waals surface area contributed by atoms with Gasteiger partial charge < -0.3 is 15.4 Å². The molecule has 3 fully saturated rings. The lowest BCUT2D eigenvalue weighted by molar-refractivity contribution is -0.137. The van der Waals surface area contributed by atoms with Crippen LogP contribution in [0.4, 0.5) is 0 Å². The Morgan fingerprint density at radius 3 is 2.65 bits per heavy atom. The maximum Gasteiger partial charge on any atom is 0.228 e. The van der Waals surface area contributed by atoms with E-state index < -0.39 is 0 Å². The van der Waals surface area contributed by atoms with Gasteiger partial charge in [-0.05, 0) is 51.7 Å². The van der Waals surface area contributed by atoms with E-state index in [9.17, 15) is 4.79 Å². The van der Waals surface area contributed by atoms with Gasteiger partial charge in [0.1, 0.15) is 0 Å². The molecule has 2 atom stereocenters. The van der Waals surface area contributed by atoms with Gasteiger partial charge in [-0.1, -0.05) is 6.42 Å². The first-order chi connectivity index (χ1) is 10.2. The Bertz CT molecular complexity index is 373. The molecule has 1 amide bonds. The number of hydrogen-bond donors (Lipinski definition) is 2. The highest BCUT2D eigenvalue weighted by Gasteiger charge is 2.43. The topological polar surface area (TPSA) is 53.6 Å². The van der Waals surface area contributed by atoms with Gasteiger partial charge in [0, 0.05) is 25.7 Å². The summed E-state index contributed by atoms with van der Waals surface area (Å²) in [7, 11) is 1.70. The van der Waals surface area contributed by atoms with E-state index >= 15 is 0 Å². The van der Waals surface area contributed by atoms with Crippen molar-refractivity contribution in [1.82, 2.24) is 15.5 Å². The zero-order valence-corrected chi connectivity index (χ0v) is 15.6. The van der Waals surface area contributed by atoms with Crippen molar-refractivity contribution in [1.29, 1.82) is 0 Å². The Balaban J connectivity index is 0.00000132. The van der Waals surface area contributed by atoms with E-state index in [1.807, 2.05) is 0 Å². The summed E-state index contributed by atoms with van der Waals surface area (Å²) in [5.74, 6) is 0.225. The molecule has 2 unspecified atom stereocenters. The lowest BCUT2D eigenvalue weighted by Gasteiger charge is -2.38. The van der Waals surface area contributed by atoms with Crippen LogP contribution in [-0.4, -0.2) is 62.8 Å². The predicted molar refractivity (Wildman–Crippen MR) is 96.7 cm³/mol. The van der Waals surface area contributed by atoms with Gasteiger partial charge in [-0.25, -0.2) is 0 Å². The van der Waals surface area contributed by atoms with E-state index in [2.05, 4.69) is 15.5 Å². The lowest BCUT2D eigenvalue weighted by Crippen LogP contribution is -2.55. The zero-order valence-electron chi connectivity index (χ0n) is 14.0. The van der Waals surface area contributed by atoms with E-state index in [0.29, 0.717) is 18.7 Å². The van der Waals surface area contributed by atoms with Crippen LogP contribution in [0, 0.1) is 5.41 Å². The SMILES string of the molecule is COCC1(C(=O)NC2CCN3CCCCC23)CCNCC1.Cl.Cl. The molecule has 0 aromatic heterocycles. The van der Waals surface area contributed by atoms with Gasteiger partial charge in [0.05, 0.1) is 12.0 Å². The van der Waals surface area contributed by atoms with Crippen molar-refractivity contribution in [2.75, 3.05) is 39.9 Å². The van der Waals surface area contributed by atoms with Crippen molar-refractivity contribution in [3.8, 4) is 0 Å². The Morgan fingerprint density at radius 2 is 1.96 bits per heavy atom. The van der Waals surface area contributed by atoms with Gasteiger partial charge in [0.2, 0.25) is 5.91 Å². The first kappa shape index (κ1) is 21.0. The second kappa shape index (κ2) is 9.42. The summed E-state index contributed by atoms with van der Waals surface area (Å²) < 4.78 is 5.38. The van der Waals surface area contributed by atoms with Crippen LogP contribution in [0.3, 0.4) is 0 Å². The largest absolute Gasteiger partial charge is 0.384 e. The van der Waals surface area contributed by atoms with E-state index in [1.54, 1.807) is 7.11 Å². The molecule has 0 aliphatic carbocycles. The summed E-state index contributed by atoms with van der Waals surface area (Å²) in [6.07, 6.45) is 6.74. The Hall–Kier alpha value is -0.0700. The third kappa shape index (κ3) is 4.51. The van der Waals surface area contributed by atoms with Crippen molar-refractivity contribution in [3.63, 3.8) is 0 Å². The van der Waals surface area contributed by atoms with Crippen LogP contribution in [0.15, 0.2) is 0 Å².